The Hall–Kier alpha value is -1.50. The Labute approximate surface area is 109 Å². The molecule has 0 saturated carbocycles. The molecule has 0 aliphatic heterocycles. The highest BCUT2D eigenvalue weighted by molar-refractivity contribution is 7.16. The maximum atomic E-state index is 8.97. The van der Waals surface area contributed by atoms with Crippen molar-refractivity contribution in [1.82, 2.24) is 0 Å². The van der Waals surface area contributed by atoms with Gasteiger partial charge in [-0.2, -0.15) is 5.26 Å². The molecule has 1 aromatic heterocycles. The van der Waals surface area contributed by atoms with Crippen LogP contribution in [0.1, 0.15) is 16.0 Å². The zero-order valence-electron chi connectivity index (χ0n) is 9.54. The van der Waals surface area contributed by atoms with Gasteiger partial charge in [-0.05, 0) is 25.0 Å². The van der Waals surface area contributed by atoms with Gasteiger partial charge in [-0.1, -0.05) is 29.8 Å². The summed E-state index contributed by atoms with van der Waals surface area (Å²) in [5.41, 5.74) is 9.34. The van der Waals surface area contributed by atoms with Gasteiger partial charge in [0.15, 0.2) is 0 Å². The maximum absolute atomic E-state index is 8.97. The highest BCUT2D eigenvalue weighted by Gasteiger charge is 2.16. The van der Waals surface area contributed by atoms with E-state index < -0.39 is 0 Å². The van der Waals surface area contributed by atoms with E-state index in [1.165, 1.54) is 11.3 Å². The number of halogens is 1. The fraction of sp³-hybridized carbons (Fsp3) is 0.154. The summed E-state index contributed by atoms with van der Waals surface area (Å²) in [5.74, 6) is 0. The number of nitrogen functional groups attached to an aromatic ring is 1. The summed E-state index contributed by atoms with van der Waals surface area (Å²) in [6, 6.07) is 7.98. The summed E-state index contributed by atoms with van der Waals surface area (Å²) in [7, 11) is 0. The van der Waals surface area contributed by atoms with E-state index in [0.29, 0.717) is 10.6 Å². The van der Waals surface area contributed by atoms with Crippen LogP contribution in [0.25, 0.3) is 10.4 Å². The highest BCUT2D eigenvalue weighted by atomic mass is 35.5. The minimum Gasteiger partial charge on any atom is -0.397 e. The summed E-state index contributed by atoms with van der Waals surface area (Å²) in [4.78, 5) is 1.53. The first-order valence-corrected chi connectivity index (χ1v) is 6.30. The third-order valence-corrected chi connectivity index (χ3v) is 4.48. The van der Waals surface area contributed by atoms with E-state index >= 15 is 0 Å². The number of hydrogen-bond acceptors (Lipinski definition) is 3. The molecule has 1 heterocycles. The fourth-order valence-corrected chi connectivity index (χ4v) is 3.02. The van der Waals surface area contributed by atoms with Gasteiger partial charge in [0.25, 0.3) is 0 Å². The molecule has 17 heavy (non-hydrogen) atoms. The second-order valence-corrected chi connectivity index (χ2v) is 5.25. The minimum absolute atomic E-state index is 0.551. The van der Waals surface area contributed by atoms with Crippen LogP contribution in [-0.2, 0) is 0 Å². The Morgan fingerprint density at radius 1 is 1.35 bits per heavy atom. The van der Waals surface area contributed by atoms with Crippen molar-refractivity contribution in [2.45, 2.75) is 13.8 Å². The van der Waals surface area contributed by atoms with E-state index in [1.54, 1.807) is 0 Å². The van der Waals surface area contributed by atoms with E-state index in [2.05, 4.69) is 6.07 Å². The molecule has 2 nitrogen and oxygen atoms in total. The van der Waals surface area contributed by atoms with Crippen molar-refractivity contribution in [2.75, 3.05) is 5.73 Å². The third kappa shape index (κ3) is 1.90. The normalized spacial score (nSPS) is 10.2. The van der Waals surface area contributed by atoms with Crippen LogP contribution in [0, 0.1) is 25.2 Å². The molecule has 0 radical (unpaired) electrons. The summed E-state index contributed by atoms with van der Waals surface area (Å²) in [6.07, 6.45) is 0. The topological polar surface area (TPSA) is 49.8 Å². The second-order valence-electron chi connectivity index (χ2n) is 3.85. The van der Waals surface area contributed by atoms with Gasteiger partial charge in [0, 0.05) is 10.4 Å². The van der Waals surface area contributed by atoms with Crippen molar-refractivity contribution < 1.29 is 0 Å². The molecule has 0 saturated heterocycles. The number of nitrogens with two attached hydrogens (primary N) is 1. The van der Waals surface area contributed by atoms with Crippen LogP contribution in [0.4, 0.5) is 5.69 Å². The number of aryl methyl sites for hydroxylation is 1. The molecule has 0 spiro atoms. The van der Waals surface area contributed by atoms with Crippen LogP contribution in [-0.4, -0.2) is 0 Å². The number of anilines is 1. The SMILES string of the molecule is Cc1cccc(-c2sc(C#N)c(N)c2C)c1Cl. The number of benzene rings is 1. The van der Waals surface area contributed by atoms with E-state index in [4.69, 9.17) is 22.6 Å². The lowest BCUT2D eigenvalue weighted by Crippen LogP contribution is -1.88. The molecule has 0 aliphatic rings. The average Bonchev–Trinajstić information content (AvgIpc) is 2.60. The standard InChI is InChI=1S/C13H11ClN2S/c1-7-4-3-5-9(11(7)14)13-8(2)12(16)10(6-15)17-13/h3-5H,16H2,1-2H3. The largest absolute Gasteiger partial charge is 0.397 e. The molecule has 2 aromatic rings. The molecular weight excluding hydrogens is 252 g/mol. The molecule has 0 atom stereocenters. The predicted molar refractivity (Wildman–Crippen MR) is 73.4 cm³/mol. The zero-order valence-corrected chi connectivity index (χ0v) is 11.1. The van der Waals surface area contributed by atoms with Crippen LogP contribution in [0.2, 0.25) is 5.02 Å². The Bertz CT molecular complexity index is 623. The second kappa shape index (κ2) is 4.40. The Kier molecular flexibility index (Phi) is 3.10. The quantitative estimate of drug-likeness (QED) is 0.840. The van der Waals surface area contributed by atoms with Crippen molar-refractivity contribution in [3.63, 3.8) is 0 Å². The zero-order chi connectivity index (χ0) is 12.6. The van der Waals surface area contributed by atoms with Crippen LogP contribution in [0.5, 0.6) is 0 Å². The molecule has 0 amide bonds. The Morgan fingerprint density at radius 2 is 2.06 bits per heavy atom. The van der Waals surface area contributed by atoms with Crippen LogP contribution < -0.4 is 5.73 Å². The van der Waals surface area contributed by atoms with Crippen LogP contribution >= 0.6 is 22.9 Å². The van der Waals surface area contributed by atoms with Crippen LogP contribution in [0.15, 0.2) is 18.2 Å². The average molecular weight is 263 g/mol. The summed E-state index contributed by atoms with van der Waals surface area (Å²) in [5, 5.41) is 9.70. The van der Waals surface area contributed by atoms with Gasteiger partial charge in [-0.25, -0.2) is 0 Å². The van der Waals surface area contributed by atoms with E-state index in [1.807, 2.05) is 32.0 Å². The van der Waals surface area contributed by atoms with E-state index in [-0.39, 0.29) is 0 Å². The van der Waals surface area contributed by atoms with Gasteiger partial charge in [0.1, 0.15) is 10.9 Å². The molecule has 4 heteroatoms. The molecule has 1 aromatic carbocycles. The van der Waals surface area contributed by atoms with Gasteiger partial charge in [0.05, 0.1) is 10.7 Å². The van der Waals surface area contributed by atoms with Crippen molar-refractivity contribution in [1.29, 1.82) is 5.26 Å². The van der Waals surface area contributed by atoms with Crippen molar-refractivity contribution in [3.8, 4) is 16.5 Å². The van der Waals surface area contributed by atoms with Gasteiger partial charge in [-0.3, -0.25) is 0 Å². The lowest BCUT2D eigenvalue weighted by Gasteiger charge is -2.05. The molecule has 0 fully saturated rings. The summed E-state index contributed by atoms with van der Waals surface area (Å²) >= 11 is 7.68. The van der Waals surface area contributed by atoms with Crippen molar-refractivity contribution >= 4 is 28.6 Å². The number of nitrogens with zero attached hydrogens (tertiary/aromatic N) is 1. The molecule has 0 aliphatic carbocycles. The molecule has 2 N–H and O–H groups in total. The molecule has 0 unspecified atom stereocenters. The maximum Gasteiger partial charge on any atom is 0.128 e. The fourth-order valence-electron chi connectivity index (χ4n) is 1.69. The summed E-state index contributed by atoms with van der Waals surface area (Å²) < 4.78 is 0. The van der Waals surface area contributed by atoms with Gasteiger partial charge in [0.2, 0.25) is 0 Å². The number of nitriles is 1. The van der Waals surface area contributed by atoms with Gasteiger partial charge < -0.3 is 5.73 Å². The lowest BCUT2D eigenvalue weighted by atomic mass is 10.1. The van der Waals surface area contributed by atoms with Gasteiger partial charge >= 0.3 is 0 Å². The highest BCUT2D eigenvalue weighted by Crippen LogP contribution is 2.41. The third-order valence-electron chi connectivity index (χ3n) is 2.73. The smallest absolute Gasteiger partial charge is 0.128 e. The molecule has 0 bridgehead atoms. The minimum atomic E-state index is 0.551. The Morgan fingerprint density at radius 3 is 2.65 bits per heavy atom. The number of thiophene rings is 1. The first kappa shape index (κ1) is 12.0. The van der Waals surface area contributed by atoms with Gasteiger partial charge in [-0.15, -0.1) is 11.3 Å². The van der Waals surface area contributed by atoms with E-state index in [0.717, 1.165) is 26.6 Å². The van der Waals surface area contributed by atoms with Crippen LogP contribution in [0.3, 0.4) is 0 Å². The number of rotatable bonds is 1. The lowest BCUT2D eigenvalue weighted by molar-refractivity contribution is 1.46. The first-order valence-electron chi connectivity index (χ1n) is 5.10. The predicted octanol–water partition coefficient (Wildman–Crippen LogP) is 4.14. The van der Waals surface area contributed by atoms with E-state index in [9.17, 15) is 0 Å². The number of hydrogen-bond donors (Lipinski definition) is 1. The Balaban J connectivity index is 2.70. The monoisotopic (exact) mass is 262 g/mol. The van der Waals surface area contributed by atoms with Crippen molar-refractivity contribution in [2.24, 2.45) is 0 Å². The molecular formula is C13H11ClN2S. The molecule has 86 valence electrons. The summed E-state index contributed by atoms with van der Waals surface area (Å²) in [6.45, 7) is 3.88. The molecule has 2 rings (SSSR count). The van der Waals surface area contributed by atoms with Crippen molar-refractivity contribution in [3.05, 3.63) is 39.2 Å². The first-order chi connectivity index (χ1) is 8.06.